The van der Waals surface area contributed by atoms with Gasteiger partial charge in [-0.15, -0.1) is 0 Å². The number of aromatic nitrogens is 3. The third kappa shape index (κ3) is 2.95. The zero-order chi connectivity index (χ0) is 17.5. The van der Waals surface area contributed by atoms with Gasteiger partial charge in [-0.05, 0) is 61.3 Å². The normalized spacial score (nSPS) is 15.7. The number of fused-ring (bicyclic) bond motifs is 2. The fraction of sp³-hybridized carbons (Fsp3) is 0.300. The van der Waals surface area contributed by atoms with Gasteiger partial charge in [-0.3, -0.25) is 4.68 Å². The van der Waals surface area contributed by atoms with E-state index in [4.69, 9.17) is 4.98 Å². The fourth-order valence-corrected chi connectivity index (χ4v) is 4.62. The van der Waals surface area contributed by atoms with E-state index in [1.165, 1.54) is 21.2 Å². The lowest BCUT2D eigenvalue weighted by molar-refractivity contribution is 0.479. The Kier molecular flexibility index (Phi) is 3.87. The summed E-state index contributed by atoms with van der Waals surface area (Å²) in [6.45, 7) is 2.17. The topological polar surface area (TPSA) is 54.8 Å². The molecular weight excluding hydrogens is 342 g/mol. The van der Waals surface area contributed by atoms with Gasteiger partial charge in [0.2, 0.25) is 0 Å². The van der Waals surface area contributed by atoms with E-state index in [0.717, 1.165) is 42.1 Å². The summed E-state index contributed by atoms with van der Waals surface area (Å²) in [6.07, 6.45) is 4.38. The number of nitrogens with one attached hydrogen (secondary N) is 2. The lowest BCUT2D eigenvalue weighted by Crippen LogP contribution is -2.35. The van der Waals surface area contributed by atoms with E-state index in [-0.39, 0.29) is 0 Å². The third-order valence-electron chi connectivity index (χ3n) is 5.01. The number of aryl methyl sites for hydroxylation is 1. The average Bonchev–Trinajstić information content (AvgIpc) is 3.22. The van der Waals surface area contributed by atoms with Crippen LogP contribution in [0.15, 0.2) is 42.6 Å². The van der Waals surface area contributed by atoms with Crippen LogP contribution in [0.1, 0.15) is 12.8 Å². The van der Waals surface area contributed by atoms with Crippen molar-refractivity contribution in [2.24, 2.45) is 7.05 Å². The molecule has 1 aliphatic heterocycles. The average molecular weight is 363 g/mol. The van der Waals surface area contributed by atoms with Gasteiger partial charge < -0.3 is 10.6 Å². The van der Waals surface area contributed by atoms with Crippen LogP contribution >= 0.6 is 11.3 Å². The molecule has 0 aliphatic carbocycles. The molecule has 2 N–H and O–H groups in total. The lowest BCUT2D eigenvalue weighted by atomic mass is 10.0. The maximum absolute atomic E-state index is 4.77. The molecule has 6 heteroatoms. The first-order valence-electron chi connectivity index (χ1n) is 9.06. The molecule has 0 atom stereocenters. The van der Waals surface area contributed by atoms with Crippen LogP contribution in [-0.4, -0.2) is 33.9 Å². The Balaban J connectivity index is 1.46. The summed E-state index contributed by atoms with van der Waals surface area (Å²) in [5.41, 5.74) is 4.54. The van der Waals surface area contributed by atoms with Crippen molar-refractivity contribution in [2.75, 3.05) is 18.4 Å². The molecular formula is C20H21N5S. The summed E-state index contributed by atoms with van der Waals surface area (Å²) in [4.78, 5) is 4.77. The number of nitrogens with zero attached hydrogens (tertiary/aromatic N) is 3. The third-order valence-corrected chi connectivity index (χ3v) is 5.96. The van der Waals surface area contributed by atoms with Crippen LogP contribution in [0, 0.1) is 0 Å². The Bertz CT molecular complexity index is 1070. The van der Waals surface area contributed by atoms with Gasteiger partial charge in [-0.2, -0.15) is 5.10 Å². The van der Waals surface area contributed by atoms with Gasteiger partial charge in [0.15, 0.2) is 5.13 Å². The number of anilines is 1. The second-order valence-corrected chi connectivity index (χ2v) is 7.98. The number of benzene rings is 2. The number of rotatable bonds is 3. The highest BCUT2D eigenvalue weighted by molar-refractivity contribution is 7.22. The van der Waals surface area contributed by atoms with Crippen molar-refractivity contribution in [2.45, 2.75) is 18.9 Å². The molecule has 4 aromatic rings. The van der Waals surface area contributed by atoms with E-state index < -0.39 is 0 Å². The molecule has 1 fully saturated rings. The van der Waals surface area contributed by atoms with E-state index in [9.17, 15) is 0 Å². The molecule has 0 saturated carbocycles. The molecule has 132 valence electrons. The molecule has 0 radical (unpaired) electrons. The maximum atomic E-state index is 4.77. The maximum Gasteiger partial charge on any atom is 0.184 e. The molecule has 5 nitrogen and oxygen atoms in total. The predicted octanol–water partition coefficient (Wildman–Crippen LogP) is 4.01. The Morgan fingerprint density at radius 3 is 2.69 bits per heavy atom. The summed E-state index contributed by atoms with van der Waals surface area (Å²) >= 11 is 1.75. The zero-order valence-corrected chi connectivity index (χ0v) is 15.5. The quantitative estimate of drug-likeness (QED) is 0.577. The molecule has 0 unspecified atom stereocenters. The predicted molar refractivity (Wildman–Crippen MR) is 109 cm³/mol. The van der Waals surface area contributed by atoms with Crippen LogP contribution in [0.5, 0.6) is 0 Å². The Labute approximate surface area is 156 Å². The Morgan fingerprint density at radius 1 is 1.08 bits per heavy atom. The van der Waals surface area contributed by atoms with Crippen LogP contribution in [0.3, 0.4) is 0 Å². The van der Waals surface area contributed by atoms with Crippen LogP contribution < -0.4 is 10.6 Å². The van der Waals surface area contributed by atoms with Crippen molar-refractivity contribution >= 4 is 37.6 Å². The Hall–Kier alpha value is -2.44. The SMILES string of the molecule is Cn1cc2cc(-c3ccc4nc(NC5CCNCC5)sc4c3)ccc2n1. The van der Waals surface area contributed by atoms with Crippen LogP contribution in [0.25, 0.3) is 32.2 Å². The lowest BCUT2D eigenvalue weighted by Gasteiger charge is -2.23. The summed E-state index contributed by atoms with van der Waals surface area (Å²) in [6, 6.07) is 13.5. The van der Waals surface area contributed by atoms with Crippen molar-refractivity contribution in [3.05, 3.63) is 42.6 Å². The van der Waals surface area contributed by atoms with Gasteiger partial charge >= 0.3 is 0 Å². The molecule has 2 aromatic carbocycles. The van der Waals surface area contributed by atoms with Gasteiger partial charge in [-0.1, -0.05) is 23.5 Å². The summed E-state index contributed by atoms with van der Waals surface area (Å²) < 4.78 is 3.09. The van der Waals surface area contributed by atoms with Crippen molar-refractivity contribution in [3.8, 4) is 11.1 Å². The smallest absolute Gasteiger partial charge is 0.184 e. The van der Waals surface area contributed by atoms with Gasteiger partial charge in [0.05, 0.1) is 15.7 Å². The van der Waals surface area contributed by atoms with E-state index in [2.05, 4.69) is 58.3 Å². The second kappa shape index (κ2) is 6.37. The zero-order valence-electron chi connectivity index (χ0n) is 14.7. The van der Waals surface area contributed by atoms with Crippen LogP contribution in [0.4, 0.5) is 5.13 Å². The molecule has 0 amide bonds. The summed E-state index contributed by atoms with van der Waals surface area (Å²) in [7, 11) is 1.96. The van der Waals surface area contributed by atoms with Crippen molar-refractivity contribution in [1.29, 1.82) is 0 Å². The number of hydrogen-bond donors (Lipinski definition) is 2. The first-order chi connectivity index (χ1) is 12.7. The second-order valence-electron chi connectivity index (χ2n) is 6.95. The first-order valence-corrected chi connectivity index (χ1v) is 9.88. The van der Waals surface area contributed by atoms with Gasteiger partial charge in [0, 0.05) is 24.7 Å². The minimum Gasteiger partial charge on any atom is -0.359 e. The highest BCUT2D eigenvalue weighted by Crippen LogP contribution is 2.32. The highest BCUT2D eigenvalue weighted by atomic mass is 32.1. The van der Waals surface area contributed by atoms with Crippen molar-refractivity contribution in [3.63, 3.8) is 0 Å². The summed E-state index contributed by atoms with van der Waals surface area (Å²) in [5.74, 6) is 0. The van der Waals surface area contributed by atoms with Crippen LogP contribution in [0.2, 0.25) is 0 Å². The largest absolute Gasteiger partial charge is 0.359 e. The molecule has 3 heterocycles. The number of hydrogen-bond acceptors (Lipinski definition) is 5. The molecule has 26 heavy (non-hydrogen) atoms. The van der Waals surface area contributed by atoms with Gasteiger partial charge in [-0.25, -0.2) is 4.98 Å². The molecule has 0 spiro atoms. The summed E-state index contributed by atoms with van der Waals surface area (Å²) in [5, 5.41) is 13.7. The fourth-order valence-electron chi connectivity index (χ4n) is 3.64. The minimum atomic E-state index is 0.532. The van der Waals surface area contributed by atoms with Crippen molar-refractivity contribution in [1.82, 2.24) is 20.1 Å². The van der Waals surface area contributed by atoms with E-state index >= 15 is 0 Å². The standard InChI is InChI=1S/C20H21N5S/c1-25-12-15-10-13(2-4-17(15)24-25)14-3-5-18-19(11-14)26-20(23-18)22-16-6-8-21-9-7-16/h2-5,10-12,16,21H,6-9H2,1H3,(H,22,23). The minimum absolute atomic E-state index is 0.532. The Morgan fingerprint density at radius 2 is 1.85 bits per heavy atom. The molecule has 1 saturated heterocycles. The van der Waals surface area contributed by atoms with Gasteiger partial charge in [0.25, 0.3) is 0 Å². The first kappa shape index (κ1) is 15.8. The van der Waals surface area contributed by atoms with E-state index in [0.29, 0.717) is 6.04 Å². The number of piperidine rings is 1. The van der Waals surface area contributed by atoms with E-state index in [1.54, 1.807) is 11.3 Å². The number of thiazole rings is 1. The van der Waals surface area contributed by atoms with Crippen molar-refractivity contribution < 1.29 is 0 Å². The van der Waals surface area contributed by atoms with Gasteiger partial charge in [0.1, 0.15) is 0 Å². The monoisotopic (exact) mass is 363 g/mol. The highest BCUT2D eigenvalue weighted by Gasteiger charge is 2.15. The molecule has 0 bridgehead atoms. The molecule has 2 aromatic heterocycles. The molecule has 5 rings (SSSR count). The van der Waals surface area contributed by atoms with E-state index in [1.807, 2.05) is 11.7 Å². The van der Waals surface area contributed by atoms with Crippen LogP contribution in [-0.2, 0) is 7.05 Å². The molecule has 1 aliphatic rings.